The summed E-state index contributed by atoms with van der Waals surface area (Å²) in [5, 5.41) is 8.17. The molecular formula is C42H46N8O6. The lowest BCUT2D eigenvalue weighted by Gasteiger charge is -2.34. The van der Waals surface area contributed by atoms with Gasteiger partial charge in [0.05, 0.1) is 28.7 Å². The molecule has 2 atom stereocenters. The van der Waals surface area contributed by atoms with Gasteiger partial charge in [0.15, 0.2) is 0 Å². The van der Waals surface area contributed by atoms with Crippen LogP contribution in [0.4, 0.5) is 11.4 Å². The summed E-state index contributed by atoms with van der Waals surface area (Å²) in [6.07, 6.45) is 6.34. The van der Waals surface area contributed by atoms with E-state index in [9.17, 15) is 28.8 Å². The second-order valence-electron chi connectivity index (χ2n) is 15.4. The van der Waals surface area contributed by atoms with Gasteiger partial charge in [-0.1, -0.05) is 0 Å². The molecular weight excluding hydrogens is 713 g/mol. The first-order valence-corrected chi connectivity index (χ1v) is 19.6. The van der Waals surface area contributed by atoms with Gasteiger partial charge >= 0.3 is 0 Å². The lowest BCUT2D eigenvalue weighted by Crippen LogP contribution is -2.54. The molecule has 3 aromatic carbocycles. The van der Waals surface area contributed by atoms with Crippen molar-refractivity contribution in [3.8, 4) is 0 Å². The normalized spacial score (nSPS) is 20.4. The Kier molecular flexibility index (Phi) is 10.4. The highest BCUT2D eigenvalue weighted by molar-refractivity contribution is 6.23. The first-order valence-electron chi connectivity index (χ1n) is 19.6. The largest absolute Gasteiger partial charge is 0.371 e. The average Bonchev–Trinajstić information content (AvgIpc) is 3.87. The lowest BCUT2D eigenvalue weighted by atomic mass is 9.91. The third kappa shape index (κ3) is 7.65. The summed E-state index contributed by atoms with van der Waals surface area (Å²) in [5.74, 6) is -1.06. The number of imide groups is 2. The van der Waals surface area contributed by atoms with Crippen LogP contribution >= 0.6 is 0 Å². The number of amides is 6. The summed E-state index contributed by atoms with van der Waals surface area (Å²) in [4.78, 5) is 90.0. The second kappa shape index (κ2) is 15.7. The number of piperidine rings is 2. The molecule has 5 heterocycles. The minimum absolute atomic E-state index is 0.0812. The fraction of sp³-hybridized carbons (Fsp3) is 0.405. The van der Waals surface area contributed by atoms with Crippen molar-refractivity contribution in [2.75, 3.05) is 36.4 Å². The van der Waals surface area contributed by atoms with E-state index in [4.69, 9.17) is 4.98 Å². The number of fused-ring (bicyclic) bond motifs is 2. The van der Waals surface area contributed by atoms with Crippen LogP contribution in [0.25, 0.3) is 11.0 Å². The maximum atomic E-state index is 13.3. The molecule has 0 radical (unpaired) electrons. The Labute approximate surface area is 324 Å². The topological polar surface area (TPSA) is 177 Å². The average molecular weight is 759 g/mol. The smallest absolute Gasteiger partial charge is 0.262 e. The van der Waals surface area contributed by atoms with Crippen LogP contribution in [-0.4, -0.2) is 93.5 Å². The van der Waals surface area contributed by atoms with E-state index in [1.54, 1.807) is 36.4 Å². The van der Waals surface area contributed by atoms with Gasteiger partial charge in [-0.05, 0) is 125 Å². The number of hydrogen-bond donors (Lipinski definition) is 4. The molecule has 0 saturated carbocycles. The van der Waals surface area contributed by atoms with Crippen molar-refractivity contribution >= 4 is 57.9 Å². The third-order valence-corrected chi connectivity index (χ3v) is 11.7. The number of hydrogen-bond acceptors (Lipinski definition) is 9. The van der Waals surface area contributed by atoms with Gasteiger partial charge in [-0.25, -0.2) is 4.98 Å². The van der Waals surface area contributed by atoms with Gasteiger partial charge in [-0.3, -0.25) is 43.9 Å². The monoisotopic (exact) mass is 758 g/mol. The van der Waals surface area contributed by atoms with Crippen LogP contribution in [-0.2, 0) is 16.1 Å². The van der Waals surface area contributed by atoms with E-state index in [1.165, 1.54) is 12.8 Å². The molecule has 8 rings (SSSR count). The third-order valence-electron chi connectivity index (χ3n) is 11.7. The Hall–Kier alpha value is -5.89. The second-order valence-corrected chi connectivity index (χ2v) is 15.4. The minimum atomic E-state index is -0.985. The molecule has 290 valence electrons. The van der Waals surface area contributed by atoms with E-state index in [-0.39, 0.29) is 35.8 Å². The van der Waals surface area contributed by atoms with Crippen molar-refractivity contribution < 1.29 is 28.8 Å². The number of imidazole rings is 1. The van der Waals surface area contributed by atoms with E-state index >= 15 is 0 Å². The zero-order valence-corrected chi connectivity index (χ0v) is 31.4. The van der Waals surface area contributed by atoms with Crippen LogP contribution in [0, 0.1) is 5.92 Å². The number of carbonyl (C=O) groups excluding carboxylic acids is 6. The standard InChI is InChI=1S/C42H46N8O6/c1-25-4-3-19-49(25)24-36-45-33-13-10-29(22-34(33)46-36)44-39(53)28-8-6-27(7-9-28)38(52)43-18-2-5-26-16-20-48(21-17-26)30-11-12-31-32(23-30)42(56)50(41(31)55)35-14-15-37(51)47-40(35)54/h6-13,22-23,25-26,35H,2-5,14-21,24H2,1H3,(H,43,52)(H,44,53)(H,45,46)(H,47,51,54)/t25-,35?/m0/s1. The Balaban J connectivity index is 0.763. The predicted octanol–water partition coefficient (Wildman–Crippen LogP) is 4.63. The van der Waals surface area contributed by atoms with E-state index in [0.29, 0.717) is 35.3 Å². The number of aromatic amines is 1. The van der Waals surface area contributed by atoms with E-state index in [2.05, 4.69) is 37.7 Å². The van der Waals surface area contributed by atoms with Crippen LogP contribution in [0.5, 0.6) is 0 Å². The lowest BCUT2D eigenvalue weighted by molar-refractivity contribution is -0.136. The molecule has 14 nitrogen and oxygen atoms in total. The number of H-pyrrole nitrogens is 1. The molecule has 3 fully saturated rings. The van der Waals surface area contributed by atoms with Gasteiger partial charge < -0.3 is 20.5 Å². The van der Waals surface area contributed by atoms with Gasteiger partial charge in [-0.15, -0.1) is 0 Å². The highest BCUT2D eigenvalue weighted by Gasteiger charge is 2.44. The first kappa shape index (κ1) is 37.1. The number of rotatable bonds is 11. The molecule has 4 aliphatic heterocycles. The summed E-state index contributed by atoms with van der Waals surface area (Å²) in [6, 6.07) is 17.1. The van der Waals surface area contributed by atoms with E-state index < -0.39 is 29.7 Å². The number of carbonyl (C=O) groups is 6. The van der Waals surface area contributed by atoms with Crippen LogP contribution in [0.2, 0.25) is 0 Å². The SMILES string of the molecule is C[C@H]1CCCN1Cc1nc2cc(NC(=O)c3ccc(C(=O)NCCCC4CCN(c5ccc6c(c5)C(=O)N(C5CCC(=O)NC5=O)C6=O)CC4)cc3)ccc2[nH]1. The molecule has 4 aliphatic rings. The van der Waals surface area contributed by atoms with Crippen LogP contribution in [0.3, 0.4) is 0 Å². The molecule has 4 aromatic rings. The number of likely N-dealkylation sites (tertiary alicyclic amines) is 1. The Morgan fingerprint density at radius 1 is 0.839 bits per heavy atom. The van der Waals surface area contributed by atoms with Gasteiger partial charge in [0.25, 0.3) is 23.6 Å². The fourth-order valence-corrected chi connectivity index (χ4v) is 8.44. The molecule has 0 spiro atoms. The number of nitrogens with one attached hydrogen (secondary N) is 4. The molecule has 14 heteroatoms. The summed E-state index contributed by atoms with van der Waals surface area (Å²) in [7, 11) is 0. The van der Waals surface area contributed by atoms with Crippen LogP contribution in [0.1, 0.15) is 106 Å². The number of nitrogens with zero attached hydrogens (tertiary/aromatic N) is 4. The molecule has 0 aliphatic carbocycles. The summed E-state index contributed by atoms with van der Waals surface area (Å²) >= 11 is 0. The van der Waals surface area contributed by atoms with Gasteiger partial charge in [0.2, 0.25) is 11.8 Å². The molecule has 4 N–H and O–H groups in total. The summed E-state index contributed by atoms with van der Waals surface area (Å²) < 4.78 is 0. The first-order chi connectivity index (χ1) is 27.1. The zero-order valence-electron chi connectivity index (χ0n) is 31.4. The van der Waals surface area contributed by atoms with E-state index in [1.807, 2.05) is 24.3 Å². The number of anilines is 2. The van der Waals surface area contributed by atoms with Crippen molar-refractivity contribution in [2.45, 2.75) is 76.9 Å². The summed E-state index contributed by atoms with van der Waals surface area (Å²) in [6.45, 7) is 6.25. The molecule has 3 saturated heterocycles. The van der Waals surface area contributed by atoms with Crippen molar-refractivity contribution in [1.29, 1.82) is 0 Å². The maximum absolute atomic E-state index is 13.3. The number of benzene rings is 3. The van der Waals surface area contributed by atoms with Gasteiger partial charge in [0, 0.05) is 54.6 Å². The van der Waals surface area contributed by atoms with Gasteiger partial charge in [-0.2, -0.15) is 0 Å². The highest BCUT2D eigenvalue weighted by Crippen LogP contribution is 2.33. The number of aromatic nitrogens is 2. The predicted molar refractivity (Wildman–Crippen MR) is 209 cm³/mol. The Morgan fingerprint density at radius 3 is 2.32 bits per heavy atom. The Bertz CT molecular complexity index is 2210. The van der Waals surface area contributed by atoms with Crippen molar-refractivity contribution in [2.24, 2.45) is 5.92 Å². The fourth-order valence-electron chi connectivity index (χ4n) is 8.44. The van der Waals surface area contributed by atoms with Crippen molar-refractivity contribution in [3.05, 3.63) is 88.7 Å². The van der Waals surface area contributed by atoms with Gasteiger partial charge in [0.1, 0.15) is 11.9 Å². The minimum Gasteiger partial charge on any atom is -0.371 e. The highest BCUT2D eigenvalue weighted by atomic mass is 16.2. The molecule has 0 bridgehead atoms. The molecule has 6 amide bonds. The zero-order chi connectivity index (χ0) is 38.9. The molecule has 1 unspecified atom stereocenters. The van der Waals surface area contributed by atoms with E-state index in [0.717, 1.165) is 79.3 Å². The molecule has 1 aromatic heterocycles. The Morgan fingerprint density at radius 2 is 1.59 bits per heavy atom. The quantitative estimate of drug-likeness (QED) is 0.126. The van der Waals surface area contributed by atoms with Crippen LogP contribution < -0.4 is 20.9 Å². The maximum Gasteiger partial charge on any atom is 0.262 e. The molecule has 56 heavy (non-hydrogen) atoms. The van der Waals surface area contributed by atoms with Crippen molar-refractivity contribution in [1.82, 2.24) is 30.4 Å². The van der Waals surface area contributed by atoms with Crippen LogP contribution in [0.15, 0.2) is 60.7 Å². The van der Waals surface area contributed by atoms with Crippen molar-refractivity contribution in [3.63, 3.8) is 0 Å². The summed E-state index contributed by atoms with van der Waals surface area (Å²) in [5.41, 5.74) is 4.75.